The standard InChI is InChI=1S/C25H17Cl3N2O4/c1-14-5-8-18(12-21(14)27)30-24(32)20(23(31)29-25(30)33)10-15-3-2-4-19(9-15)34-13-16-6-7-17(26)11-22(16)28/h2-12H,13H2,1H3,(H,29,31,33)/b20-10-. The lowest BCUT2D eigenvalue weighted by Crippen LogP contribution is -2.54. The van der Waals surface area contributed by atoms with E-state index in [-0.39, 0.29) is 17.9 Å². The van der Waals surface area contributed by atoms with Crippen LogP contribution in [0.4, 0.5) is 10.5 Å². The molecule has 0 aromatic heterocycles. The molecule has 1 N–H and O–H groups in total. The van der Waals surface area contributed by atoms with Crippen LogP contribution in [0, 0.1) is 6.92 Å². The maximum absolute atomic E-state index is 13.1. The molecule has 9 heteroatoms. The van der Waals surface area contributed by atoms with Crippen molar-refractivity contribution < 1.29 is 19.1 Å². The number of anilines is 1. The summed E-state index contributed by atoms with van der Waals surface area (Å²) in [6, 6.07) is 15.9. The summed E-state index contributed by atoms with van der Waals surface area (Å²) < 4.78 is 5.81. The van der Waals surface area contributed by atoms with Crippen LogP contribution in [-0.2, 0) is 16.2 Å². The molecule has 1 heterocycles. The number of amides is 4. The molecule has 34 heavy (non-hydrogen) atoms. The predicted molar refractivity (Wildman–Crippen MR) is 132 cm³/mol. The summed E-state index contributed by atoms with van der Waals surface area (Å²) in [5, 5.41) is 3.60. The van der Waals surface area contributed by atoms with Gasteiger partial charge in [-0.2, -0.15) is 0 Å². The summed E-state index contributed by atoms with van der Waals surface area (Å²) in [4.78, 5) is 38.8. The van der Waals surface area contributed by atoms with Crippen LogP contribution in [0.3, 0.4) is 0 Å². The van der Waals surface area contributed by atoms with Crippen molar-refractivity contribution in [3.05, 3.63) is 98.0 Å². The predicted octanol–water partition coefficient (Wildman–Crippen LogP) is 6.20. The average Bonchev–Trinajstić information content (AvgIpc) is 2.78. The molecule has 1 saturated heterocycles. The van der Waals surface area contributed by atoms with E-state index in [0.29, 0.717) is 26.4 Å². The first-order chi connectivity index (χ1) is 16.2. The topological polar surface area (TPSA) is 75.7 Å². The number of benzene rings is 3. The lowest BCUT2D eigenvalue weighted by Gasteiger charge is -2.26. The fourth-order valence-electron chi connectivity index (χ4n) is 3.27. The maximum atomic E-state index is 13.1. The first-order valence-corrected chi connectivity index (χ1v) is 11.2. The number of carbonyl (C=O) groups excluding carboxylic acids is 3. The third kappa shape index (κ3) is 5.09. The molecule has 0 aliphatic carbocycles. The van der Waals surface area contributed by atoms with Gasteiger partial charge in [0.25, 0.3) is 11.8 Å². The number of carbonyl (C=O) groups is 3. The van der Waals surface area contributed by atoms with E-state index in [0.717, 1.165) is 16.0 Å². The van der Waals surface area contributed by atoms with Crippen LogP contribution in [-0.4, -0.2) is 17.8 Å². The quantitative estimate of drug-likeness (QED) is 0.324. The van der Waals surface area contributed by atoms with Crippen LogP contribution >= 0.6 is 34.8 Å². The highest BCUT2D eigenvalue weighted by atomic mass is 35.5. The van der Waals surface area contributed by atoms with Crippen molar-refractivity contribution in [3.8, 4) is 5.75 Å². The Balaban J connectivity index is 1.58. The molecule has 1 fully saturated rings. The Bertz CT molecular complexity index is 1350. The summed E-state index contributed by atoms with van der Waals surface area (Å²) in [5.74, 6) is -1.04. The Morgan fingerprint density at radius 1 is 0.941 bits per heavy atom. The molecule has 0 atom stereocenters. The van der Waals surface area contributed by atoms with Gasteiger partial charge in [-0.15, -0.1) is 0 Å². The molecule has 6 nitrogen and oxygen atoms in total. The molecule has 1 aliphatic rings. The number of nitrogens with one attached hydrogen (secondary N) is 1. The zero-order valence-electron chi connectivity index (χ0n) is 17.8. The molecule has 172 valence electrons. The highest BCUT2D eigenvalue weighted by molar-refractivity contribution is 6.39. The second kappa shape index (κ2) is 9.89. The zero-order valence-corrected chi connectivity index (χ0v) is 20.0. The van der Waals surface area contributed by atoms with Gasteiger partial charge in [0.15, 0.2) is 0 Å². The molecular weight excluding hydrogens is 499 g/mol. The molecule has 0 saturated carbocycles. The number of hydrogen-bond donors (Lipinski definition) is 1. The Kier molecular flexibility index (Phi) is 6.93. The van der Waals surface area contributed by atoms with Crippen molar-refractivity contribution in [2.45, 2.75) is 13.5 Å². The number of imide groups is 2. The smallest absolute Gasteiger partial charge is 0.335 e. The molecule has 0 bridgehead atoms. The highest BCUT2D eigenvalue weighted by Gasteiger charge is 2.37. The SMILES string of the molecule is Cc1ccc(N2C(=O)NC(=O)/C(=C/c3cccc(OCc4ccc(Cl)cc4Cl)c3)C2=O)cc1Cl. The number of barbiturate groups is 1. The van der Waals surface area contributed by atoms with Crippen LogP contribution in [0.15, 0.2) is 66.2 Å². The highest BCUT2D eigenvalue weighted by Crippen LogP contribution is 2.27. The molecule has 4 rings (SSSR count). The molecular formula is C25H17Cl3N2O4. The van der Waals surface area contributed by atoms with Gasteiger partial charge < -0.3 is 4.74 Å². The van der Waals surface area contributed by atoms with Crippen molar-refractivity contribution >= 4 is 64.4 Å². The van der Waals surface area contributed by atoms with E-state index >= 15 is 0 Å². The molecule has 0 radical (unpaired) electrons. The molecule has 3 aromatic rings. The second-order valence-electron chi connectivity index (χ2n) is 7.49. The molecule has 3 aromatic carbocycles. The van der Waals surface area contributed by atoms with E-state index < -0.39 is 17.8 Å². The molecule has 4 amide bonds. The molecule has 0 spiro atoms. The average molecular weight is 516 g/mol. The van der Waals surface area contributed by atoms with Gasteiger partial charge in [0, 0.05) is 20.6 Å². The number of urea groups is 1. The summed E-state index contributed by atoms with van der Waals surface area (Å²) in [7, 11) is 0. The van der Waals surface area contributed by atoms with Crippen molar-refractivity contribution in [2.75, 3.05) is 4.90 Å². The van der Waals surface area contributed by atoms with Crippen molar-refractivity contribution in [2.24, 2.45) is 0 Å². The van der Waals surface area contributed by atoms with Crippen LogP contribution in [0.1, 0.15) is 16.7 Å². The number of halogens is 3. The van der Waals surface area contributed by atoms with Gasteiger partial charge in [0.2, 0.25) is 0 Å². The van der Waals surface area contributed by atoms with E-state index in [4.69, 9.17) is 39.5 Å². The zero-order chi connectivity index (χ0) is 24.4. The van der Waals surface area contributed by atoms with E-state index in [1.807, 2.05) is 0 Å². The second-order valence-corrected chi connectivity index (χ2v) is 8.74. The monoisotopic (exact) mass is 514 g/mol. The first kappa shape index (κ1) is 23.8. The fraction of sp³-hybridized carbons (Fsp3) is 0.0800. The van der Waals surface area contributed by atoms with Gasteiger partial charge in [-0.1, -0.05) is 59.1 Å². The normalized spacial score (nSPS) is 15.0. The Morgan fingerprint density at radius 3 is 2.47 bits per heavy atom. The van der Waals surface area contributed by atoms with Crippen molar-refractivity contribution in [1.82, 2.24) is 5.32 Å². The molecule has 0 unspecified atom stereocenters. The Morgan fingerprint density at radius 2 is 1.74 bits per heavy atom. The fourth-order valence-corrected chi connectivity index (χ4v) is 3.91. The van der Waals surface area contributed by atoms with E-state index in [9.17, 15) is 14.4 Å². The van der Waals surface area contributed by atoms with Crippen molar-refractivity contribution in [3.63, 3.8) is 0 Å². The Labute approximate surface area is 210 Å². The summed E-state index contributed by atoms with van der Waals surface area (Å²) in [5.41, 5.74) is 2.14. The number of nitrogens with zero attached hydrogens (tertiary/aromatic N) is 1. The van der Waals surface area contributed by atoms with Crippen molar-refractivity contribution in [1.29, 1.82) is 0 Å². The molecule has 1 aliphatic heterocycles. The summed E-state index contributed by atoms with van der Waals surface area (Å²) in [6.45, 7) is 2.00. The van der Waals surface area contributed by atoms with Gasteiger partial charge in [-0.05, 0) is 60.5 Å². The van der Waals surface area contributed by atoms with Crippen LogP contribution in [0.25, 0.3) is 6.08 Å². The van der Waals surface area contributed by atoms with Gasteiger partial charge in [0.05, 0.1) is 5.69 Å². The van der Waals surface area contributed by atoms with Crippen LogP contribution < -0.4 is 15.0 Å². The number of hydrogen-bond acceptors (Lipinski definition) is 4. The van der Waals surface area contributed by atoms with Gasteiger partial charge in [-0.3, -0.25) is 14.9 Å². The summed E-state index contributed by atoms with van der Waals surface area (Å²) >= 11 is 18.3. The lowest BCUT2D eigenvalue weighted by molar-refractivity contribution is -0.122. The lowest BCUT2D eigenvalue weighted by atomic mass is 10.1. The van der Waals surface area contributed by atoms with Gasteiger partial charge in [-0.25, -0.2) is 9.69 Å². The minimum atomic E-state index is -0.844. The maximum Gasteiger partial charge on any atom is 0.335 e. The minimum absolute atomic E-state index is 0.200. The van der Waals surface area contributed by atoms with E-state index in [1.54, 1.807) is 61.5 Å². The largest absolute Gasteiger partial charge is 0.489 e. The Hall–Kier alpha value is -3.32. The number of aryl methyl sites for hydroxylation is 1. The van der Waals surface area contributed by atoms with Gasteiger partial charge >= 0.3 is 6.03 Å². The number of rotatable bonds is 5. The van der Waals surface area contributed by atoms with Crippen LogP contribution in [0.5, 0.6) is 5.75 Å². The minimum Gasteiger partial charge on any atom is -0.489 e. The number of ether oxygens (including phenoxy) is 1. The third-order valence-corrected chi connectivity index (χ3v) is 6.09. The first-order valence-electron chi connectivity index (χ1n) is 10.1. The van der Waals surface area contributed by atoms with Gasteiger partial charge in [0.1, 0.15) is 17.9 Å². The van der Waals surface area contributed by atoms with E-state index in [2.05, 4.69) is 5.32 Å². The van der Waals surface area contributed by atoms with E-state index in [1.165, 1.54) is 12.1 Å². The third-order valence-electron chi connectivity index (χ3n) is 5.09. The summed E-state index contributed by atoms with van der Waals surface area (Å²) in [6.07, 6.45) is 1.40. The van der Waals surface area contributed by atoms with Crippen LogP contribution in [0.2, 0.25) is 15.1 Å².